The lowest BCUT2D eigenvalue weighted by Gasteiger charge is -2.12. The minimum atomic E-state index is 1.06. The molecule has 2 aromatic carbocycles. The van der Waals surface area contributed by atoms with Gasteiger partial charge in [0.25, 0.3) is 0 Å². The molecular weight excluding hydrogens is 384 g/mol. The van der Waals surface area contributed by atoms with Crippen LogP contribution in [0, 0.1) is 6.92 Å². The Kier molecular flexibility index (Phi) is 9.15. The smallest absolute Gasteiger partial charge is 0.0151 e. The molecule has 0 amide bonds. The van der Waals surface area contributed by atoms with Gasteiger partial charge in [0.15, 0.2) is 0 Å². The fourth-order valence-electron chi connectivity index (χ4n) is 4.79. The van der Waals surface area contributed by atoms with Gasteiger partial charge in [-0.15, -0.1) is 0 Å². The topological polar surface area (TPSA) is 0 Å². The van der Waals surface area contributed by atoms with E-state index in [-0.39, 0.29) is 0 Å². The quantitative estimate of drug-likeness (QED) is 0.212. The summed E-state index contributed by atoms with van der Waals surface area (Å²) in [5.41, 5.74) is 10.0. The van der Waals surface area contributed by atoms with Crippen molar-refractivity contribution < 1.29 is 0 Å². The molecule has 0 fully saturated rings. The molecule has 0 aromatic heterocycles. The van der Waals surface area contributed by atoms with Crippen molar-refractivity contribution in [1.82, 2.24) is 0 Å². The molecule has 0 unspecified atom stereocenters. The number of benzene rings is 2. The lowest BCUT2D eigenvalue weighted by atomic mass is 9.94. The first kappa shape index (κ1) is 24.3. The summed E-state index contributed by atoms with van der Waals surface area (Å²) in [4.78, 5) is 0. The molecule has 0 bridgehead atoms. The van der Waals surface area contributed by atoms with Gasteiger partial charge in [-0.2, -0.15) is 0 Å². The van der Waals surface area contributed by atoms with Gasteiger partial charge < -0.3 is 0 Å². The van der Waals surface area contributed by atoms with Gasteiger partial charge in [-0.25, -0.2) is 0 Å². The number of unbranched alkanes of at least 4 members (excludes halogenated alkanes) is 1. The number of fused-ring (bicyclic) bond motifs is 1. The van der Waals surface area contributed by atoms with E-state index < -0.39 is 0 Å². The van der Waals surface area contributed by atoms with Gasteiger partial charge >= 0.3 is 0 Å². The minimum Gasteiger partial charge on any atom is -0.0853 e. The molecule has 3 rings (SSSR count). The summed E-state index contributed by atoms with van der Waals surface area (Å²) in [6, 6.07) is 11.5. The minimum absolute atomic E-state index is 1.06. The zero-order valence-corrected chi connectivity index (χ0v) is 21.1. The van der Waals surface area contributed by atoms with Crippen molar-refractivity contribution in [2.75, 3.05) is 0 Å². The van der Waals surface area contributed by atoms with E-state index in [1.807, 2.05) is 0 Å². The third kappa shape index (κ3) is 7.09. The summed E-state index contributed by atoms with van der Waals surface area (Å²) in [7, 11) is 0. The van der Waals surface area contributed by atoms with Gasteiger partial charge in [-0.1, -0.05) is 83.3 Å². The van der Waals surface area contributed by atoms with Crippen LogP contribution < -0.4 is 0 Å². The number of hydrogen-bond acceptors (Lipinski definition) is 0. The monoisotopic (exact) mass is 426 g/mol. The Hall–Kier alpha value is -2.34. The number of allylic oxidation sites excluding steroid dienone is 7. The highest BCUT2D eigenvalue weighted by Gasteiger charge is 2.04. The van der Waals surface area contributed by atoms with Gasteiger partial charge in [0.05, 0.1) is 0 Å². The van der Waals surface area contributed by atoms with Crippen LogP contribution >= 0.6 is 0 Å². The van der Waals surface area contributed by atoms with Crippen molar-refractivity contribution in [3.05, 3.63) is 87.5 Å². The second-order valence-corrected chi connectivity index (χ2v) is 9.76. The van der Waals surface area contributed by atoms with Crippen molar-refractivity contribution in [2.45, 2.75) is 92.4 Å². The van der Waals surface area contributed by atoms with Crippen LogP contribution in [0.25, 0.3) is 16.8 Å². The molecule has 0 saturated carbocycles. The van der Waals surface area contributed by atoms with E-state index in [1.54, 1.807) is 5.57 Å². The molecule has 0 nitrogen and oxygen atoms in total. The first-order valence-electron chi connectivity index (χ1n) is 12.7. The fraction of sp³-hybridized carbons (Fsp3) is 0.438. The van der Waals surface area contributed by atoms with Crippen molar-refractivity contribution in [1.29, 1.82) is 0 Å². The van der Waals surface area contributed by atoms with Crippen molar-refractivity contribution in [2.24, 2.45) is 0 Å². The molecule has 0 heteroatoms. The van der Waals surface area contributed by atoms with Gasteiger partial charge in [0.2, 0.25) is 0 Å². The Bertz CT molecular complexity index is 1040. The lowest BCUT2D eigenvalue weighted by molar-refractivity contribution is 0.642. The molecule has 0 spiro atoms. The summed E-state index contributed by atoms with van der Waals surface area (Å²) in [6.07, 6.45) is 21.1. The number of rotatable bonds is 9. The van der Waals surface area contributed by atoms with E-state index >= 15 is 0 Å². The van der Waals surface area contributed by atoms with E-state index in [1.165, 1.54) is 95.5 Å². The van der Waals surface area contributed by atoms with Crippen molar-refractivity contribution in [3.63, 3.8) is 0 Å². The molecule has 32 heavy (non-hydrogen) atoms. The Morgan fingerprint density at radius 1 is 1.00 bits per heavy atom. The van der Waals surface area contributed by atoms with Crippen molar-refractivity contribution >= 4 is 16.8 Å². The highest BCUT2D eigenvalue weighted by molar-refractivity contribution is 5.88. The molecule has 1 aliphatic carbocycles. The Labute approximate surface area is 196 Å². The highest BCUT2D eigenvalue weighted by atomic mass is 14.1. The lowest BCUT2D eigenvalue weighted by Crippen LogP contribution is -1.92. The van der Waals surface area contributed by atoms with Gasteiger partial charge in [0, 0.05) is 0 Å². The third-order valence-corrected chi connectivity index (χ3v) is 6.94. The standard InChI is InChI=1S/C32H42/c1-6-30-22-29(23-31-21-25(3)17-19-32(30)31)18-16-24(2)20-27(5)26(4)12-10-11-15-28-13-8-7-9-14-28/h13,16-23H,6-12,14-15H2,1-5H3/b18-16+,24-20+,27-26-. The van der Waals surface area contributed by atoms with Crippen LogP contribution in [-0.4, -0.2) is 0 Å². The van der Waals surface area contributed by atoms with E-state index in [9.17, 15) is 0 Å². The molecule has 2 aromatic rings. The molecule has 0 saturated heterocycles. The van der Waals surface area contributed by atoms with Crippen LogP contribution in [0.1, 0.15) is 95.8 Å². The molecule has 0 radical (unpaired) electrons. The average molecular weight is 427 g/mol. The van der Waals surface area contributed by atoms with Gasteiger partial charge in [-0.05, 0) is 113 Å². The van der Waals surface area contributed by atoms with Crippen LogP contribution in [0.15, 0.2) is 70.9 Å². The van der Waals surface area contributed by atoms with Crippen LogP contribution in [0.3, 0.4) is 0 Å². The third-order valence-electron chi connectivity index (χ3n) is 6.94. The average Bonchev–Trinajstić information content (AvgIpc) is 2.80. The van der Waals surface area contributed by atoms with Crippen molar-refractivity contribution in [3.8, 4) is 0 Å². The normalized spacial score (nSPS) is 15.9. The van der Waals surface area contributed by atoms with Crippen LogP contribution in [0.5, 0.6) is 0 Å². The van der Waals surface area contributed by atoms with Crippen LogP contribution in [0.2, 0.25) is 0 Å². The summed E-state index contributed by atoms with van der Waals surface area (Å²) < 4.78 is 0. The van der Waals surface area contributed by atoms with Gasteiger partial charge in [0.1, 0.15) is 0 Å². The number of hydrogen-bond donors (Lipinski definition) is 0. The molecule has 1 aliphatic rings. The maximum absolute atomic E-state index is 2.50. The zero-order chi connectivity index (χ0) is 22.9. The SMILES string of the molecule is CCc1cc(/C=C/C(C)=C/C(C)=C(/C)CCCCC2=CCCCC2)cc2cc(C)ccc12. The molecule has 0 aliphatic heterocycles. The Balaban J connectivity index is 1.61. The maximum Gasteiger partial charge on any atom is -0.0151 e. The largest absolute Gasteiger partial charge is 0.0853 e. The first-order valence-corrected chi connectivity index (χ1v) is 12.7. The molecule has 0 atom stereocenters. The first-order chi connectivity index (χ1) is 15.5. The summed E-state index contributed by atoms with van der Waals surface area (Å²) in [5.74, 6) is 0. The van der Waals surface area contributed by atoms with E-state index in [4.69, 9.17) is 0 Å². The van der Waals surface area contributed by atoms with E-state index in [2.05, 4.69) is 89.3 Å². The summed E-state index contributed by atoms with van der Waals surface area (Å²) >= 11 is 0. The summed E-state index contributed by atoms with van der Waals surface area (Å²) in [5, 5.41) is 2.73. The Morgan fingerprint density at radius 3 is 2.59 bits per heavy atom. The van der Waals surface area contributed by atoms with Crippen LogP contribution in [-0.2, 0) is 6.42 Å². The van der Waals surface area contributed by atoms with E-state index in [0.29, 0.717) is 0 Å². The molecule has 0 heterocycles. The second-order valence-electron chi connectivity index (χ2n) is 9.76. The molecule has 170 valence electrons. The Morgan fingerprint density at radius 2 is 1.84 bits per heavy atom. The zero-order valence-electron chi connectivity index (χ0n) is 21.1. The second kappa shape index (κ2) is 12.0. The fourth-order valence-corrected chi connectivity index (χ4v) is 4.79. The van der Waals surface area contributed by atoms with E-state index in [0.717, 1.165) is 6.42 Å². The molecule has 0 N–H and O–H groups in total. The van der Waals surface area contributed by atoms with Crippen LogP contribution in [0.4, 0.5) is 0 Å². The predicted octanol–water partition coefficient (Wildman–Crippen LogP) is 10.1. The maximum atomic E-state index is 2.50. The summed E-state index contributed by atoms with van der Waals surface area (Å²) in [6.45, 7) is 11.2. The number of aryl methyl sites for hydroxylation is 2. The predicted molar refractivity (Wildman–Crippen MR) is 144 cm³/mol. The van der Waals surface area contributed by atoms with Gasteiger partial charge in [-0.3, -0.25) is 0 Å². The highest BCUT2D eigenvalue weighted by Crippen LogP contribution is 2.25. The molecular formula is C32H42.